The van der Waals surface area contributed by atoms with Crippen molar-refractivity contribution in [3.8, 4) is 0 Å². The van der Waals surface area contributed by atoms with E-state index in [-0.39, 0.29) is 12.3 Å². The quantitative estimate of drug-likeness (QED) is 0.0803. The Morgan fingerprint density at radius 3 is 2.43 bits per heavy atom. The number of hydrogen-bond acceptors (Lipinski definition) is 11. The summed E-state index contributed by atoms with van der Waals surface area (Å²) in [4.78, 5) is 68.1. The zero-order chi connectivity index (χ0) is 26.5. The van der Waals surface area contributed by atoms with Crippen LogP contribution < -0.4 is 5.32 Å². The van der Waals surface area contributed by atoms with E-state index < -0.39 is 64.2 Å². The number of rotatable bonds is 10. The molecule has 2 heterocycles. The molecule has 194 valence electrons. The molecule has 2 aliphatic rings. The Labute approximate surface area is 211 Å². The highest BCUT2D eigenvalue weighted by atomic mass is 35.5. The number of esters is 2. The number of halogens is 1. The van der Waals surface area contributed by atoms with Crippen LogP contribution in [0.2, 0.25) is 0 Å². The molecule has 14 heteroatoms. The van der Waals surface area contributed by atoms with E-state index in [1.54, 1.807) is 20.8 Å². The summed E-state index contributed by atoms with van der Waals surface area (Å²) < 4.78 is 15.6. The predicted octanol–water partition coefficient (Wildman–Crippen LogP) is 0.576. The minimum absolute atomic E-state index is 0.0487. The van der Waals surface area contributed by atoms with E-state index in [2.05, 4.69) is 15.3 Å². The van der Waals surface area contributed by atoms with Gasteiger partial charge in [-0.3, -0.25) is 24.1 Å². The Bertz CT molecular complexity index is 960. The van der Waals surface area contributed by atoms with Gasteiger partial charge < -0.3 is 24.4 Å². The molecular weight excluding hydrogens is 506 g/mol. The molecule has 0 spiro atoms. The molecule has 2 rings (SSSR count). The number of Topliss-reactive ketones (excluding diaryl/α,β-unsaturated/α-hetero) is 1. The average Bonchev–Trinajstić information content (AvgIpc) is 2.79. The van der Waals surface area contributed by atoms with E-state index in [1.165, 1.54) is 30.7 Å². The normalized spacial score (nSPS) is 20.9. The van der Waals surface area contributed by atoms with Crippen molar-refractivity contribution in [2.24, 2.45) is 10.6 Å². The van der Waals surface area contributed by atoms with Crippen molar-refractivity contribution in [3.63, 3.8) is 0 Å². The number of carbonyl (C=O) groups excluding carboxylic acids is 5. The van der Waals surface area contributed by atoms with Gasteiger partial charge in [-0.1, -0.05) is 5.16 Å². The van der Waals surface area contributed by atoms with Gasteiger partial charge in [-0.15, -0.1) is 23.4 Å². The third-order valence-electron chi connectivity index (χ3n) is 4.79. The van der Waals surface area contributed by atoms with Gasteiger partial charge in [-0.2, -0.15) is 0 Å². The van der Waals surface area contributed by atoms with Gasteiger partial charge in [0.25, 0.3) is 11.8 Å². The Hall–Kier alpha value is -2.64. The Balaban J connectivity index is 2.20. The van der Waals surface area contributed by atoms with Gasteiger partial charge in [0, 0.05) is 19.8 Å². The highest BCUT2D eigenvalue weighted by Gasteiger charge is 2.55. The molecule has 2 amide bonds. The molecule has 35 heavy (non-hydrogen) atoms. The number of hydrogen-bond donors (Lipinski definition) is 1. The van der Waals surface area contributed by atoms with Crippen LogP contribution in [0.1, 0.15) is 27.7 Å². The highest BCUT2D eigenvalue weighted by Crippen LogP contribution is 2.40. The molecule has 2 aliphatic heterocycles. The Kier molecular flexibility index (Phi) is 9.69. The molecule has 1 N–H and O–H groups in total. The number of alkyl halides is 1. The number of thioether (sulfide) groups is 1. The summed E-state index contributed by atoms with van der Waals surface area (Å²) in [6, 6.07) is -1.04. The zero-order valence-electron chi connectivity index (χ0n) is 20.2. The van der Waals surface area contributed by atoms with Crippen molar-refractivity contribution in [2.75, 3.05) is 32.5 Å². The minimum atomic E-state index is -1.21. The molecule has 3 atom stereocenters. The third-order valence-corrected chi connectivity index (χ3v) is 6.37. The molecule has 0 aromatic carbocycles. The fraction of sp³-hybridized carbons (Fsp3) is 0.619. The molecule has 0 saturated carbocycles. The van der Waals surface area contributed by atoms with Crippen molar-refractivity contribution >= 4 is 58.6 Å². The molecular formula is C21H28ClN3O9S. The maximum absolute atomic E-state index is 13.0. The largest absolute Gasteiger partial charge is 0.425 e. The van der Waals surface area contributed by atoms with E-state index >= 15 is 0 Å². The standard InChI is InChI=1S/C21H28ClN3O9S/c1-10(34-20(30)21(2,3)4)33-19(29)15-11(8-31-5)9-35-18-14(17(28)25(15)18)23-16(27)13(24-32-6)12(26)7-22/h10,14,18H,7-9H2,1-6H3,(H,23,27)/t10?,14?,18-/m1/s1. The fourth-order valence-corrected chi connectivity index (χ4v) is 4.55. The lowest BCUT2D eigenvalue weighted by molar-refractivity contribution is -0.190. The van der Waals surface area contributed by atoms with Crippen LogP contribution in [-0.2, 0) is 43.0 Å². The summed E-state index contributed by atoms with van der Waals surface area (Å²) in [5.41, 5.74) is -0.945. The number of ketones is 1. The molecule has 0 aliphatic carbocycles. The predicted molar refractivity (Wildman–Crippen MR) is 125 cm³/mol. The first-order valence-corrected chi connectivity index (χ1v) is 12.0. The van der Waals surface area contributed by atoms with Crippen LogP contribution in [0.5, 0.6) is 0 Å². The maximum Gasteiger partial charge on any atom is 0.358 e. The second kappa shape index (κ2) is 11.9. The number of methoxy groups -OCH3 is 1. The fourth-order valence-electron chi connectivity index (χ4n) is 3.10. The number of fused-ring (bicyclic) bond motifs is 1. The van der Waals surface area contributed by atoms with E-state index in [0.29, 0.717) is 11.3 Å². The second-order valence-electron chi connectivity index (χ2n) is 8.55. The monoisotopic (exact) mass is 533 g/mol. The number of amides is 2. The summed E-state index contributed by atoms with van der Waals surface area (Å²) in [5, 5.41) is 5.17. The lowest BCUT2D eigenvalue weighted by Gasteiger charge is -2.49. The molecule has 0 aromatic heterocycles. The molecule has 2 unspecified atom stereocenters. The van der Waals surface area contributed by atoms with Gasteiger partial charge >= 0.3 is 11.9 Å². The van der Waals surface area contributed by atoms with Crippen molar-refractivity contribution in [1.82, 2.24) is 10.2 Å². The van der Waals surface area contributed by atoms with Crippen LogP contribution in [0.3, 0.4) is 0 Å². The van der Waals surface area contributed by atoms with Crippen LogP contribution >= 0.6 is 23.4 Å². The molecule has 0 bridgehead atoms. The minimum Gasteiger partial charge on any atom is -0.425 e. The summed E-state index contributed by atoms with van der Waals surface area (Å²) in [6.07, 6.45) is -1.21. The average molecular weight is 534 g/mol. The Morgan fingerprint density at radius 1 is 1.23 bits per heavy atom. The van der Waals surface area contributed by atoms with Gasteiger partial charge in [-0.25, -0.2) is 4.79 Å². The van der Waals surface area contributed by atoms with Gasteiger partial charge in [0.1, 0.15) is 24.2 Å². The summed E-state index contributed by atoms with van der Waals surface area (Å²) in [5.74, 6) is -3.97. The van der Waals surface area contributed by atoms with Crippen LogP contribution in [0, 0.1) is 5.41 Å². The first kappa shape index (κ1) is 28.6. The number of nitrogens with one attached hydrogen (secondary N) is 1. The number of oxime groups is 1. The summed E-state index contributed by atoms with van der Waals surface area (Å²) >= 11 is 6.79. The molecule has 1 fully saturated rings. The van der Waals surface area contributed by atoms with Crippen molar-refractivity contribution in [3.05, 3.63) is 11.3 Å². The van der Waals surface area contributed by atoms with Gasteiger partial charge in [-0.05, 0) is 26.3 Å². The van der Waals surface area contributed by atoms with Crippen LogP contribution in [-0.4, -0.2) is 90.3 Å². The second-order valence-corrected chi connectivity index (χ2v) is 9.93. The van der Waals surface area contributed by atoms with Crippen LogP contribution in [0.25, 0.3) is 0 Å². The van der Waals surface area contributed by atoms with Crippen molar-refractivity contribution < 1.29 is 43.0 Å². The molecule has 12 nitrogen and oxygen atoms in total. The smallest absolute Gasteiger partial charge is 0.358 e. The lowest BCUT2D eigenvalue weighted by atomic mass is 9.97. The SMILES string of the molecule is COCC1=C(C(=O)OC(C)OC(=O)C(C)(C)C)N2C(=O)C(NC(=O)C(=NOC)C(=O)CCl)[C@H]2SC1. The number of β-lactam (4-membered cyclic amide) rings is 1. The summed E-state index contributed by atoms with van der Waals surface area (Å²) in [6.45, 7) is 6.41. The van der Waals surface area contributed by atoms with Gasteiger partial charge in [0.15, 0.2) is 0 Å². The van der Waals surface area contributed by atoms with Crippen molar-refractivity contribution in [1.29, 1.82) is 0 Å². The number of nitrogens with zero attached hydrogens (tertiary/aromatic N) is 2. The topological polar surface area (TPSA) is 150 Å². The lowest BCUT2D eigenvalue weighted by Crippen LogP contribution is -2.71. The summed E-state index contributed by atoms with van der Waals surface area (Å²) in [7, 11) is 2.59. The third kappa shape index (κ3) is 6.53. The number of carbonyl (C=O) groups is 5. The first-order chi connectivity index (χ1) is 16.4. The van der Waals surface area contributed by atoms with E-state index in [0.717, 1.165) is 7.11 Å². The van der Waals surface area contributed by atoms with Crippen LogP contribution in [0.4, 0.5) is 0 Å². The van der Waals surface area contributed by atoms with E-state index in [9.17, 15) is 24.0 Å². The highest BCUT2D eigenvalue weighted by molar-refractivity contribution is 8.00. The molecule has 1 saturated heterocycles. The molecule has 0 aromatic rings. The zero-order valence-corrected chi connectivity index (χ0v) is 21.8. The Morgan fingerprint density at radius 2 is 1.89 bits per heavy atom. The first-order valence-electron chi connectivity index (χ1n) is 10.5. The van der Waals surface area contributed by atoms with Gasteiger partial charge in [0.05, 0.1) is 17.9 Å². The maximum atomic E-state index is 13.0. The molecule has 0 radical (unpaired) electrons. The van der Waals surface area contributed by atoms with E-state index in [4.69, 9.17) is 25.8 Å². The van der Waals surface area contributed by atoms with E-state index in [1.807, 2.05) is 0 Å². The van der Waals surface area contributed by atoms with Crippen molar-refractivity contribution in [2.45, 2.75) is 45.4 Å². The van der Waals surface area contributed by atoms with Crippen LogP contribution in [0.15, 0.2) is 16.4 Å². The van der Waals surface area contributed by atoms with Gasteiger partial charge in [0.2, 0.25) is 17.8 Å². The number of ether oxygens (including phenoxy) is 3.